The molecule has 4 rings (SSSR count). The van der Waals surface area contributed by atoms with Gasteiger partial charge in [0.1, 0.15) is 11.3 Å². The third-order valence-corrected chi connectivity index (χ3v) is 7.17. The summed E-state index contributed by atoms with van der Waals surface area (Å²) < 4.78 is 5.53. The fourth-order valence-electron chi connectivity index (χ4n) is 5.26. The molecule has 31 heavy (non-hydrogen) atoms. The highest BCUT2D eigenvalue weighted by Gasteiger charge is 2.43. The molecule has 6 heteroatoms. The minimum Gasteiger partial charge on any atom is -0.427 e. The monoisotopic (exact) mass is 444 g/mol. The number of likely N-dealkylation sites (tertiary alicyclic amines) is 1. The normalized spacial score (nSPS) is 19.9. The third kappa shape index (κ3) is 5.04. The van der Waals surface area contributed by atoms with E-state index in [0.717, 1.165) is 38.5 Å². The Bertz CT molecular complexity index is 949. The lowest BCUT2D eigenvalue weighted by Crippen LogP contribution is -2.49. The van der Waals surface area contributed by atoms with Gasteiger partial charge in [-0.3, -0.25) is 4.79 Å². The van der Waals surface area contributed by atoms with Gasteiger partial charge in [-0.15, -0.1) is 12.4 Å². The second kappa shape index (κ2) is 10.0. The molecule has 1 saturated heterocycles. The van der Waals surface area contributed by atoms with Crippen molar-refractivity contribution in [2.45, 2.75) is 64.3 Å². The summed E-state index contributed by atoms with van der Waals surface area (Å²) >= 11 is 0. The Balaban J connectivity index is 0.00000272. The minimum atomic E-state index is -0.507. The number of aryl methyl sites for hydroxylation is 3. The SMILES string of the molecule is Cc1cc(CCCc2ccccc2)oc(=O)c1C(=O)N1CCC2(CCCC2N)CC1.Cl. The molecule has 1 aromatic carbocycles. The van der Waals surface area contributed by atoms with Crippen LogP contribution >= 0.6 is 12.4 Å². The van der Waals surface area contributed by atoms with Crippen LogP contribution in [0.25, 0.3) is 0 Å². The Morgan fingerprint density at radius 2 is 1.87 bits per heavy atom. The van der Waals surface area contributed by atoms with Crippen LogP contribution in [-0.4, -0.2) is 29.9 Å². The molecule has 1 aliphatic carbocycles. The number of piperidine rings is 1. The highest BCUT2D eigenvalue weighted by molar-refractivity contribution is 5.95. The Morgan fingerprint density at radius 1 is 1.16 bits per heavy atom. The summed E-state index contributed by atoms with van der Waals surface area (Å²) in [7, 11) is 0. The number of halogens is 1. The molecule has 2 heterocycles. The van der Waals surface area contributed by atoms with Gasteiger partial charge in [-0.25, -0.2) is 4.79 Å². The molecule has 1 saturated carbocycles. The van der Waals surface area contributed by atoms with Crippen molar-refractivity contribution < 1.29 is 9.21 Å². The maximum Gasteiger partial charge on any atom is 0.349 e. The molecular formula is C25H33ClN2O3. The van der Waals surface area contributed by atoms with Crippen LogP contribution in [0.15, 0.2) is 45.6 Å². The summed E-state index contributed by atoms with van der Waals surface area (Å²) in [6.07, 6.45) is 7.81. The highest BCUT2D eigenvalue weighted by atomic mass is 35.5. The lowest BCUT2D eigenvalue weighted by Gasteiger charge is -2.42. The van der Waals surface area contributed by atoms with E-state index in [1.807, 2.05) is 36.1 Å². The zero-order chi connectivity index (χ0) is 21.1. The molecule has 168 valence electrons. The predicted molar refractivity (Wildman–Crippen MR) is 125 cm³/mol. The molecule has 1 amide bonds. The number of hydrogen-bond donors (Lipinski definition) is 1. The van der Waals surface area contributed by atoms with Gasteiger partial charge in [0.05, 0.1) is 0 Å². The lowest BCUT2D eigenvalue weighted by molar-refractivity contribution is 0.0551. The van der Waals surface area contributed by atoms with Gasteiger partial charge in [0.15, 0.2) is 0 Å². The van der Waals surface area contributed by atoms with Gasteiger partial charge in [0.25, 0.3) is 5.91 Å². The molecular weight excluding hydrogens is 412 g/mol. The number of benzene rings is 1. The number of hydrogen-bond acceptors (Lipinski definition) is 4. The second-order valence-corrected chi connectivity index (χ2v) is 9.05. The molecule has 1 aromatic heterocycles. The molecule has 5 nitrogen and oxygen atoms in total. The number of amides is 1. The number of carbonyl (C=O) groups is 1. The van der Waals surface area contributed by atoms with Crippen molar-refractivity contribution in [2.24, 2.45) is 11.1 Å². The molecule has 2 N–H and O–H groups in total. The van der Waals surface area contributed by atoms with Gasteiger partial charge in [0.2, 0.25) is 0 Å². The van der Waals surface area contributed by atoms with E-state index in [1.54, 1.807) is 0 Å². The predicted octanol–water partition coefficient (Wildman–Crippen LogP) is 4.28. The molecule has 2 fully saturated rings. The summed E-state index contributed by atoms with van der Waals surface area (Å²) in [5.41, 5.74) is 8.21. The average molecular weight is 445 g/mol. The van der Waals surface area contributed by atoms with Crippen LogP contribution in [0.3, 0.4) is 0 Å². The van der Waals surface area contributed by atoms with E-state index in [9.17, 15) is 9.59 Å². The van der Waals surface area contributed by atoms with Gasteiger partial charge in [0, 0.05) is 25.6 Å². The first-order valence-electron chi connectivity index (χ1n) is 11.2. The van der Waals surface area contributed by atoms with Crippen molar-refractivity contribution in [3.63, 3.8) is 0 Å². The molecule has 1 spiro atoms. The van der Waals surface area contributed by atoms with E-state index in [1.165, 1.54) is 12.0 Å². The molecule has 2 aliphatic rings. The fraction of sp³-hybridized carbons (Fsp3) is 0.520. The number of rotatable bonds is 5. The molecule has 0 bridgehead atoms. The summed E-state index contributed by atoms with van der Waals surface area (Å²) in [6.45, 7) is 3.18. The van der Waals surface area contributed by atoms with E-state index in [4.69, 9.17) is 10.2 Å². The van der Waals surface area contributed by atoms with Crippen LogP contribution in [0.4, 0.5) is 0 Å². The first kappa shape index (κ1) is 23.6. The highest BCUT2D eigenvalue weighted by Crippen LogP contribution is 2.45. The molecule has 1 atom stereocenters. The molecule has 1 aliphatic heterocycles. The summed E-state index contributed by atoms with van der Waals surface area (Å²) in [5.74, 6) is 0.456. The minimum absolute atomic E-state index is 0. The van der Waals surface area contributed by atoms with Crippen molar-refractivity contribution >= 4 is 18.3 Å². The topological polar surface area (TPSA) is 76.5 Å². The van der Waals surface area contributed by atoms with Crippen molar-refractivity contribution in [2.75, 3.05) is 13.1 Å². The van der Waals surface area contributed by atoms with Gasteiger partial charge < -0.3 is 15.1 Å². The number of carbonyl (C=O) groups excluding carboxylic acids is 1. The lowest BCUT2D eigenvalue weighted by atomic mass is 9.74. The summed E-state index contributed by atoms with van der Waals surface area (Å²) in [6, 6.07) is 12.4. The maximum absolute atomic E-state index is 13.1. The van der Waals surface area contributed by atoms with Crippen molar-refractivity contribution in [3.05, 3.63) is 69.3 Å². The smallest absolute Gasteiger partial charge is 0.349 e. The van der Waals surface area contributed by atoms with Gasteiger partial charge in [-0.2, -0.15) is 0 Å². The van der Waals surface area contributed by atoms with Crippen molar-refractivity contribution in [1.82, 2.24) is 4.90 Å². The Kier molecular flexibility index (Phi) is 7.60. The van der Waals surface area contributed by atoms with Gasteiger partial charge >= 0.3 is 5.63 Å². The van der Waals surface area contributed by atoms with Crippen LogP contribution in [0.2, 0.25) is 0 Å². The van der Waals surface area contributed by atoms with Crippen molar-refractivity contribution in [3.8, 4) is 0 Å². The maximum atomic E-state index is 13.1. The van der Waals surface area contributed by atoms with Crippen LogP contribution in [-0.2, 0) is 12.8 Å². The zero-order valence-electron chi connectivity index (χ0n) is 18.3. The third-order valence-electron chi connectivity index (χ3n) is 7.17. The fourth-order valence-corrected chi connectivity index (χ4v) is 5.26. The summed E-state index contributed by atoms with van der Waals surface area (Å²) in [5, 5.41) is 0. The van der Waals surface area contributed by atoms with E-state index < -0.39 is 5.63 Å². The standard InChI is InChI=1S/C25H32N2O3.ClH/c1-18-17-20(10-5-9-19-7-3-2-4-8-19)30-24(29)22(18)23(28)27-15-13-25(14-16-27)12-6-11-21(25)26;/h2-4,7-8,17,21H,5-6,9-16,26H2,1H3;1H. The zero-order valence-corrected chi connectivity index (χ0v) is 19.1. The molecule has 0 radical (unpaired) electrons. The second-order valence-electron chi connectivity index (χ2n) is 9.05. The Labute approximate surface area is 190 Å². The van der Waals surface area contributed by atoms with Crippen molar-refractivity contribution in [1.29, 1.82) is 0 Å². The first-order valence-corrected chi connectivity index (χ1v) is 11.2. The summed E-state index contributed by atoms with van der Waals surface area (Å²) in [4.78, 5) is 27.5. The van der Waals surface area contributed by atoms with Crippen LogP contribution in [0, 0.1) is 12.3 Å². The number of nitrogens with two attached hydrogens (primary N) is 1. The Morgan fingerprint density at radius 3 is 2.48 bits per heavy atom. The van der Waals surface area contributed by atoms with Gasteiger partial charge in [-0.1, -0.05) is 36.8 Å². The quantitative estimate of drug-likeness (QED) is 0.746. The van der Waals surface area contributed by atoms with E-state index in [2.05, 4.69) is 12.1 Å². The average Bonchev–Trinajstić information content (AvgIpc) is 3.08. The number of nitrogens with zero attached hydrogens (tertiary/aromatic N) is 1. The van der Waals surface area contributed by atoms with Gasteiger partial charge in [-0.05, 0) is 68.1 Å². The Hall–Kier alpha value is -2.11. The van der Waals surface area contributed by atoms with E-state index in [-0.39, 0.29) is 35.3 Å². The first-order chi connectivity index (χ1) is 14.5. The molecule has 2 aromatic rings. The molecule has 1 unspecified atom stereocenters. The largest absolute Gasteiger partial charge is 0.427 e. The van der Waals surface area contributed by atoms with Crippen LogP contribution < -0.4 is 11.4 Å². The van der Waals surface area contributed by atoms with E-state index in [0.29, 0.717) is 30.8 Å². The van der Waals surface area contributed by atoms with Crippen LogP contribution in [0.5, 0.6) is 0 Å². The van der Waals surface area contributed by atoms with Crippen LogP contribution in [0.1, 0.15) is 65.8 Å². The van der Waals surface area contributed by atoms with E-state index >= 15 is 0 Å².